The highest BCUT2D eigenvalue weighted by Gasteiger charge is 2.18. The Morgan fingerprint density at radius 2 is 1.67 bits per heavy atom. The fourth-order valence-electron chi connectivity index (χ4n) is 2.22. The highest BCUT2D eigenvalue weighted by Crippen LogP contribution is 2.21. The van der Waals surface area contributed by atoms with E-state index in [-0.39, 0.29) is 17.9 Å². The Kier molecular flexibility index (Phi) is 4.73. The minimum absolute atomic E-state index is 0.0330. The zero-order chi connectivity index (χ0) is 15.2. The Hall–Kier alpha value is -2.60. The van der Waals surface area contributed by atoms with Crippen molar-refractivity contribution >= 4 is 5.91 Å². The first-order chi connectivity index (χ1) is 10.1. The smallest absolute Gasteiger partial charge is 0.251 e. The van der Waals surface area contributed by atoms with Gasteiger partial charge in [-0.15, -0.1) is 0 Å². The summed E-state index contributed by atoms with van der Waals surface area (Å²) in [4.78, 5) is 12.3. The second-order valence-corrected chi connectivity index (χ2v) is 5.29. The molecule has 0 fully saturated rings. The van der Waals surface area contributed by atoms with Crippen molar-refractivity contribution in [1.82, 2.24) is 5.32 Å². The number of amides is 1. The van der Waals surface area contributed by atoms with Crippen LogP contribution in [0.4, 0.5) is 0 Å². The van der Waals surface area contributed by atoms with Gasteiger partial charge in [0, 0.05) is 5.56 Å². The molecule has 0 aliphatic rings. The van der Waals surface area contributed by atoms with E-state index in [2.05, 4.69) is 19.2 Å². The van der Waals surface area contributed by atoms with E-state index in [0.29, 0.717) is 11.1 Å². The molecule has 0 spiro atoms. The first-order valence-electron chi connectivity index (χ1n) is 6.98. The van der Waals surface area contributed by atoms with E-state index >= 15 is 0 Å². The van der Waals surface area contributed by atoms with Gasteiger partial charge in [0.25, 0.3) is 5.91 Å². The Morgan fingerprint density at radius 3 is 2.19 bits per heavy atom. The van der Waals surface area contributed by atoms with Crippen molar-refractivity contribution in [1.29, 1.82) is 5.26 Å². The van der Waals surface area contributed by atoms with Crippen LogP contribution in [0.3, 0.4) is 0 Å². The Balaban J connectivity index is 2.17. The highest BCUT2D eigenvalue weighted by atomic mass is 16.1. The number of nitriles is 1. The lowest BCUT2D eigenvalue weighted by atomic mass is 9.95. The average molecular weight is 278 g/mol. The van der Waals surface area contributed by atoms with Gasteiger partial charge in [-0.2, -0.15) is 5.26 Å². The summed E-state index contributed by atoms with van der Waals surface area (Å²) >= 11 is 0. The maximum absolute atomic E-state index is 12.3. The van der Waals surface area contributed by atoms with Crippen LogP contribution in [0.2, 0.25) is 0 Å². The Bertz CT molecular complexity index is 639. The maximum Gasteiger partial charge on any atom is 0.251 e. The van der Waals surface area contributed by atoms with Crippen LogP contribution in [0, 0.1) is 17.2 Å². The normalized spacial score (nSPS) is 11.7. The first kappa shape index (κ1) is 14.8. The van der Waals surface area contributed by atoms with E-state index in [9.17, 15) is 4.79 Å². The maximum atomic E-state index is 12.3. The van der Waals surface area contributed by atoms with Crippen LogP contribution >= 0.6 is 0 Å². The molecule has 0 bridgehead atoms. The molecule has 3 nitrogen and oxygen atoms in total. The lowest BCUT2D eigenvalue weighted by Gasteiger charge is -2.23. The van der Waals surface area contributed by atoms with Gasteiger partial charge >= 0.3 is 0 Å². The van der Waals surface area contributed by atoms with Gasteiger partial charge < -0.3 is 5.32 Å². The summed E-state index contributed by atoms with van der Waals surface area (Å²) in [5.74, 6) is 0.164. The Labute approximate surface area is 125 Å². The SMILES string of the molecule is CC(C)C(NC(=O)c1ccc(C#N)cc1)c1ccccc1. The van der Waals surface area contributed by atoms with Gasteiger partial charge in [0.1, 0.15) is 0 Å². The first-order valence-corrected chi connectivity index (χ1v) is 6.98. The lowest BCUT2D eigenvalue weighted by molar-refractivity contribution is 0.0925. The number of carbonyl (C=O) groups is 1. The van der Waals surface area contributed by atoms with E-state index in [4.69, 9.17) is 5.26 Å². The molecule has 1 atom stereocenters. The van der Waals surface area contributed by atoms with Crippen LogP contribution in [0.5, 0.6) is 0 Å². The molecule has 0 saturated carbocycles. The van der Waals surface area contributed by atoms with E-state index < -0.39 is 0 Å². The van der Waals surface area contributed by atoms with Gasteiger partial charge in [-0.3, -0.25) is 4.79 Å². The van der Waals surface area contributed by atoms with Crippen molar-refractivity contribution in [3.8, 4) is 6.07 Å². The molecule has 1 amide bonds. The third-order valence-corrected chi connectivity index (χ3v) is 3.39. The predicted octanol–water partition coefficient (Wildman–Crippen LogP) is 3.69. The van der Waals surface area contributed by atoms with E-state index in [1.54, 1.807) is 24.3 Å². The summed E-state index contributed by atoms with van der Waals surface area (Å²) < 4.78 is 0. The summed E-state index contributed by atoms with van der Waals surface area (Å²) in [6.07, 6.45) is 0. The summed E-state index contributed by atoms with van der Waals surface area (Å²) in [6.45, 7) is 4.16. The molecule has 0 radical (unpaired) electrons. The highest BCUT2D eigenvalue weighted by molar-refractivity contribution is 5.94. The molecular formula is C18H18N2O. The number of benzene rings is 2. The van der Waals surface area contributed by atoms with Crippen LogP contribution in [-0.2, 0) is 0 Å². The summed E-state index contributed by atoms with van der Waals surface area (Å²) in [5, 5.41) is 11.8. The molecule has 21 heavy (non-hydrogen) atoms. The van der Waals surface area contributed by atoms with Gasteiger partial charge in [0.05, 0.1) is 17.7 Å². The van der Waals surface area contributed by atoms with E-state index in [0.717, 1.165) is 5.56 Å². The number of nitrogens with zero attached hydrogens (tertiary/aromatic N) is 1. The molecule has 106 valence electrons. The molecule has 0 aliphatic heterocycles. The minimum atomic E-state index is -0.123. The van der Waals surface area contributed by atoms with Crippen molar-refractivity contribution < 1.29 is 4.79 Å². The molecule has 0 heterocycles. The largest absolute Gasteiger partial charge is 0.345 e. The molecule has 0 aromatic heterocycles. The van der Waals surface area contributed by atoms with Gasteiger partial charge in [-0.25, -0.2) is 0 Å². The predicted molar refractivity (Wildman–Crippen MR) is 82.6 cm³/mol. The molecule has 1 N–H and O–H groups in total. The van der Waals surface area contributed by atoms with Crippen LogP contribution in [-0.4, -0.2) is 5.91 Å². The summed E-state index contributed by atoms with van der Waals surface area (Å²) in [6, 6.07) is 18.6. The minimum Gasteiger partial charge on any atom is -0.345 e. The molecule has 0 aliphatic carbocycles. The fourth-order valence-corrected chi connectivity index (χ4v) is 2.22. The molecular weight excluding hydrogens is 260 g/mol. The van der Waals surface area contributed by atoms with Crippen molar-refractivity contribution in [2.75, 3.05) is 0 Å². The Morgan fingerprint density at radius 1 is 1.05 bits per heavy atom. The molecule has 2 aromatic rings. The number of rotatable bonds is 4. The fraction of sp³-hybridized carbons (Fsp3) is 0.222. The third-order valence-electron chi connectivity index (χ3n) is 3.39. The quantitative estimate of drug-likeness (QED) is 0.927. The van der Waals surface area contributed by atoms with E-state index in [1.165, 1.54) is 0 Å². The molecule has 2 rings (SSSR count). The van der Waals surface area contributed by atoms with Crippen molar-refractivity contribution in [3.63, 3.8) is 0 Å². The van der Waals surface area contributed by atoms with Crippen molar-refractivity contribution in [3.05, 3.63) is 71.3 Å². The van der Waals surface area contributed by atoms with E-state index in [1.807, 2.05) is 36.4 Å². The van der Waals surface area contributed by atoms with Crippen LogP contribution < -0.4 is 5.32 Å². The van der Waals surface area contributed by atoms with Crippen LogP contribution in [0.25, 0.3) is 0 Å². The van der Waals surface area contributed by atoms with Gasteiger partial charge in [-0.1, -0.05) is 44.2 Å². The number of hydrogen-bond donors (Lipinski definition) is 1. The van der Waals surface area contributed by atoms with Gasteiger partial charge in [0.2, 0.25) is 0 Å². The van der Waals surface area contributed by atoms with Gasteiger partial charge in [-0.05, 0) is 35.7 Å². The molecule has 2 aromatic carbocycles. The monoisotopic (exact) mass is 278 g/mol. The van der Waals surface area contributed by atoms with Crippen molar-refractivity contribution in [2.24, 2.45) is 5.92 Å². The van der Waals surface area contributed by atoms with Gasteiger partial charge in [0.15, 0.2) is 0 Å². The number of nitrogens with one attached hydrogen (secondary N) is 1. The molecule has 1 unspecified atom stereocenters. The number of hydrogen-bond acceptors (Lipinski definition) is 2. The summed E-state index contributed by atoms with van der Waals surface area (Å²) in [5.41, 5.74) is 2.21. The second kappa shape index (κ2) is 6.71. The topological polar surface area (TPSA) is 52.9 Å². The molecule has 0 saturated heterocycles. The second-order valence-electron chi connectivity index (χ2n) is 5.29. The standard InChI is InChI=1S/C18H18N2O/c1-13(2)17(15-6-4-3-5-7-15)20-18(21)16-10-8-14(12-19)9-11-16/h3-11,13,17H,1-2H3,(H,20,21). The zero-order valence-electron chi connectivity index (χ0n) is 12.2. The zero-order valence-corrected chi connectivity index (χ0v) is 12.2. The van der Waals surface area contributed by atoms with Crippen LogP contribution in [0.15, 0.2) is 54.6 Å². The lowest BCUT2D eigenvalue weighted by Crippen LogP contribution is -2.31. The summed E-state index contributed by atoms with van der Waals surface area (Å²) in [7, 11) is 0. The average Bonchev–Trinajstić information content (AvgIpc) is 2.53. The van der Waals surface area contributed by atoms with Crippen LogP contribution in [0.1, 0.15) is 41.4 Å². The van der Waals surface area contributed by atoms with Crippen molar-refractivity contribution in [2.45, 2.75) is 19.9 Å². The third kappa shape index (κ3) is 3.70. The number of carbonyl (C=O) groups excluding carboxylic acids is 1. The molecule has 3 heteroatoms.